The lowest BCUT2D eigenvalue weighted by atomic mass is 9.76. The number of ether oxygens (including phenoxy) is 1. The van der Waals surface area contributed by atoms with Crippen LogP contribution in [0.25, 0.3) is 0 Å². The lowest BCUT2D eigenvalue weighted by Crippen LogP contribution is -2.47. The first-order valence-corrected chi connectivity index (χ1v) is 8.13. The highest BCUT2D eigenvalue weighted by Gasteiger charge is 2.45. The van der Waals surface area contributed by atoms with E-state index in [1.54, 1.807) is 0 Å². The van der Waals surface area contributed by atoms with Crippen molar-refractivity contribution in [1.82, 2.24) is 4.90 Å². The summed E-state index contributed by atoms with van der Waals surface area (Å²) in [5.74, 6) is 1.23. The van der Waals surface area contributed by atoms with Gasteiger partial charge in [-0.15, -0.1) is 0 Å². The fourth-order valence-corrected chi connectivity index (χ4v) is 4.28. The summed E-state index contributed by atoms with van der Waals surface area (Å²) in [6.45, 7) is 3.77. The van der Waals surface area contributed by atoms with Gasteiger partial charge >= 0.3 is 0 Å². The van der Waals surface area contributed by atoms with Gasteiger partial charge in [0.1, 0.15) is 0 Å². The second kappa shape index (κ2) is 6.05. The summed E-state index contributed by atoms with van der Waals surface area (Å²) in [4.78, 5) is 2.59. The molecule has 4 atom stereocenters. The molecule has 2 bridgehead atoms. The van der Waals surface area contributed by atoms with Gasteiger partial charge in [0.15, 0.2) is 0 Å². The molecule has 1 aromatic rings. The molecule has 2 saturated heterocycles. The van der Waals surface area contributed by atoms with Crippen LogP contribution in [-0.4, -0.2) is 37.2 Å². The Balaban J connectivity index is 1.85. The van der Waals surface area contributed by atoms with E-state index in [4.69, 9.17) is 16.3 Å². The van der Waals surface area contributed by atoms with Crippen molar-refractivity contribution < 1.29 is 4.74 Å². The summed E-state index contributed by atoms with van der Waals surface area (Å²) >= 11 is 6.03. The van der Waals surface area contributed by atoms with Crippen LogP contribution in [0.15, 0.2) is 24.3 Å². The van der Waals surface area contributed by atoms with E-state index in [1.807, 2.05) is 12.1 Å². The van der Waals surface area contributed by atoms with E-state index in [1.165, 1.54) is 24.8 Å². The molecule has 3 rings (SSSR count). The van der Waals surface area contributed by atoms with Gasteiger partial charge in [-0.3, -0.25) is 0 Å². The van der Waals surface area contributed by atoms with E-state index in [9.17, 15) is 0 Å². The quantitative estimate of drug-likeness (QED) is 0.834. The van der Waals surface area contributed by atoms with Crippen LogP contribution in [0.1, 0.15) is 37.7 Å². The average molecular weight is 294 g/mol. The molecule has 2 aliphatic heterocycles. The Morgan fingerprint density at radius 3 is 2.70 bits per heavy atom. The molecule has 2 unspecified atom stereocenters. The Kier molecular flexibility index (Phi) is 4.34. The van der Waals surface area contributed by atoms with Gasteiger partial charge in [-0.25, -0.2) is 0 Å². The van der Waals surface area contributed by atoms with Crippen LogP contribution in [-0.2, 0) is 4.74 Å². The molecule has 3 heteroatoms. The second-order valence-electron chi connectivity index (χ2n) is 6.18. The van der Waals surface area contributed by atoms with Crippen LogP contribution < -0.4 is 0 Å². The summed E-state index contributed by atoms with van der Waals surface area (Å²) in [5, 5.41) is 0.825. The first-order chi connectivity index (χ1) is 9.70. The van der Waals surface area contributed by atoms with E-state index in [0.29, 0.717) is 17.9 Å². The van der Waals surface area contributed by atoms with Gasteiger partial charge in [0.05, 0.1) is 6.61 Å². The number of halogens is 1. The molecular formula is C17H24ClNO. The third-order valence-electron chi connectivity index (χ3n) is 5.24. The summed E-state index contributed by atoms with van der Waals surface area (Å²) in [7, 11) is 2.29. The first-order valence-electron chi connectivity index (χ1n) is 7.76. The number of nitrogens with zero attached hydrogens (tertiary/aromatic N) is 1. The normalized spacial score (nSPS) is 33.5. The van der Waals surface area contributed by atoms with Gasteiger partial charge in [0.2, 0.25) is 0 Å². The molecule has 0 spiro atoms. The molecule has 20 heavy (non-hydrogen) atoms. The van der Waals surface area contributed by atoms with Gasteiger partial charge in [0.25, 0.3) is 0 Å². The van der Waals surface area contributed by atoms with Crippen molar-refractivity contribution in [2.45, 2.75) is 44.2 Å². The van der Waals surface area contributed by atoms with Gasteiger partial charge in [0, 0.05) is 29.6 Å². The number of fused-ring (bicyclic) bond motifs is 2. The Morgan fingerprint density at radius 1 is 1.25 bits per heavy atom. The molecule has 2 aliphatic rings. The lowest BCUT2D eigenvalue weighted by Gasteiger charge is -2.43. The summed E-state index contributed by atoms with van der Waals surface area (Å²) < 4.78 is 5.79. The summed E-state index contributed by atoms with van der Waals surface area (Å²) in [5.41, 5.74) is 1.43. The first kappa shape index (κ1) is 14.4. The minimum Gasteiger partial charge on any atom is -0.381 e. The summed E-state index contributed by atoms with van der Waals surface area (Å²) in [6.07, 6.45) is 3.92. The molecule has 2 fully saturated rings. The molecule has 2 heterocycles. The molecule has 0 aliphatic carbocycles. The third-order valence-corrected chi connectivity index (χ3v) is 5.50. The Bertz CT molecular complexity index is 447. The number of piperidine rings is 1. The highest BCUT2D eigenvalue weighted by atomic mass is 35.5. The minimum atomic E-state index is 0.611. The molecule has 0 N–H and O–H groups in total. The van der Waals surface area contributed by atoms with Crippen LogP contribution in [0.3, 0.4) is 0 Å². The standard InChI is InChI=1S/C17H24ClNO/c1-3-20-11-16-15(12-4-6-13(18)7-5-12)10-14-8-9-17(16)19(14)2/h4-7,14-17H,3,8-11H2,1-2H3/t14-,15?,16?,17+/m0/s1. The minimum absolute atomic E-state index is 0.611. The smallest absolute Gasteiger partial charge is 0.0514 e. The monoisotopic (exact) mass is 293 g/mol. The maximum atomic E-state index is 6.03. The Hall–Kier alpha value is -0.570. The van der Waals surface area contributed by atoms with Crippen molar-refractivity contribution in [1.29, 1.82) is 0 Å². The highest BCUT2D eigenvalue weighted by Crippen LogP contribution is 2.46. The van der Waals surface area contributed by atoms with E-state index >= 15 is 0 Å². The Labute approximate surface area is 127 Å². The molecular weight excluding hydrogens is 270 g/mol. The molecule has 0 radical (unpaired) electrons. The molecule has 2 nitrogen and oxygen atoms in total. The molecule has 0 aromatic heterocycles. The molecule has 1 aromatic carbocycles. The molecule has 0 saturated carbocycles. The zero-order valence-corrected chi connectivity index (χ0v) is 13.1. The van der Waals surface area contributed by atoms with Crippen LogP contribution >= 0.6 is 11.6 Å². The van der Waals surface area contributed by atoms with Crippen molar-refractivity contribution in [3.63, 3.8) is 0 Å². The van der Waals surface area contributed by atoms with Crippen LogP contribution in [0.5, 0.6) is 0 Å². The van der Waals surface area contributed by atoms with Crippen LogP contribution in [0.2, 0.25) is 5.02 Å². The summed E-state index contributed by atoms with van der Waals surface area (Å²) in [6, 6.07) is 9.89. The predicted octanol–water partition coefficient (Wildman–Crippen LogP) is 3.94. The SMILES string of the molecule is CCOCC1C(c2ccc(Cl)cc2)C[C@@H]2CC[C@H]1N2C. The number of hydrogen-bond donors (Lipinski definition) is 0. The Morgan fingerprint density at radius 2 is 2.00 bits per heavy atom. The third kappa shape index (κ3) is 2.61. The van der Waals surface area contributed by atoms with Gasteiger partial charge in [-0.05, 0) is 56.8 Å². The van der Waals surface area contributed by atoms with Gasteiger partial charge < -0.3 is 9.64 Å². The largest absolute Gasteiger partial charge is 0.381 e. The lowest BCUT2D eigenvalue weighted by molar-refractivity contribution is 0.0253. The van der Waals surface area contributed by atoms with Gasteiger partial charge in [-0.2, -0.15) is 0 Å². The van der Waals surface area contributed by atoms with Crippen LogP contribution in [0.4, 0.5) is 0 Å². The number of benzene rings is 1. The van der Waals surface area contributed by atoms with Crippen LogP contribution in [0, 0.1) is 5.92 Å². The zero-order valence-electron chi connectivity index (χ0n) is 12.4. The fourth-order valence-electron chi connectivity index (χ4n) is 4.15. The number of rotatable bonds is 4. The zero-order chi connectivity index (χ0) is 14.1. The van der Waals surface area contributed by atoms with E-state index in [-0.39, 0.29) is 0 Å². The average Bonchev–Trinajstić information content (AvgIpc) is 2.71. The second-order valence-corrected chi connectivity index (χ2v) is 6.62. The van der Waals surface area contributed by atoms with Gasteiger partial charge in [-0.1, -0.05) is 23.7 Å². The van der Waals surface area contributed by atoms with Crippen molar-refractivity contribution in [2.75, 3.05) is 20.3 Å². The predicted molar refractivity (Wildman–Crippen MR) is 83.4 cm³/mol. The number of hydrogen-bond acceptors (Lipinski definition) is 2. The molecule has 110 valence electrons. The maximum absolute atomic E-state index is 6.03. The topological polar surface area (TPSA) is 12.5 Å². The molecule has 0 amide bonds. The fraction of sp³-hybridized carbons (Fsp3) is 0.647. The maximum Gasteiger partial charge on any atom is 0.0514 e. The van der Waals surface area contributed by atoms with E-state index < -0.39 is 0 Å². The van der Waals surface area contributed by atoms with E-state index in [2.05, 4.69) is 31.0 Å². The van der Waals surface area contributed by atoms with Crippen molar-refractivity contribution in [3.8, 4) is 0 Å². The van der Waals surface area contributed by atoms with Crippen molar-refractivity contribution in [2.24, 2.45) is 5.92 Å². The highest BCUT2D eigenvalue weighted by molar-refractivity contribution is 6.30. The van der Waals surface area contributed by atoms with Crippen molar-refractivity contribution >= 4 is 11.6 Å². The van der Waals surface area contributed by atoms with E-state index in [0.717, 1.165) is 24.3 Å². The van der Waals surface area contributed by atoms with Crippen molar-refractivity contribution in [3.05, 3.63) is 34.9 Å².